The standard InChI is InChI=1S/C20H17ClN2O5/c1-26-17-10-12(9-15(21)18(17)27-2)8-13(11-22)19(24)23-16-7-5-4-6-14(16)20(25)28-3/h4-10H,1-3H3,(H,23,24)/b13-8+. The summed E-state index contributed by atoms with van der Waals surface area (Å²) in [4.78, 5) is 24.4. The summed E-state index contributed by atoms with van der Waals surface area (Å²) in [5.74, 6) is -0.596. The molecular weight excluding hydrogens is 384 g/mol. The highest BCUT2D eigenvalue weighted by Crippen LogP contribution is 2.36. The number of benzene rings is 2. The van der Waals surface area contributed by atoms with Crippen LogP contribution < -0.4 is 14.8 Å². The maximum atomic E-state index is 12.5. The molecule has 0 aliphatic carbocycles. The predicted molar refractivity (Wildman–Crippen MR) is 105 cm³/mol. The van der Waals surface area contributed by atoms with Crippen molar-refractivity contribution < 1.29 is 23.8 Å². The van der Waals surface area contributed by atoms with Gasteiger partial charge in [0.15, 0.2) is 11.5 Å². The molecule has 1 amide bonds. The van der Waals surface area contributed by atoms with Gasteiger partial charge in [0.25, 0.3) is 5.91 Å². The number of nitrogens with one attached hydrogen (secondary N) is 1. The Balaban J connectivity index is 2.37. The third-order valence-electron chi connectivity index (χ3n) is 3.71. The van der Waals surface area contributed by atoms with Gasteiger partial charge in [-0.05, 0) is 35.9 Å². The number of carbonyl (C=O) groups is 2. The Morgan fingerprint density at radius 2 is 1.86 bits per heavy atom. The summed E-state index contributed by atoms with van der Waals surface area (Å²) < 4.78 is 15.1. The van der Waals surface area contributed by atoms with E-state index >= 15 is 0 Å². The molecule has 2 aromatic rings. The van der Waals surface area contributed by atoms with Crippen molar-refractivity contribution in [3.05, 3.63) is 58.1 Å². The normalized spacial score (nSPS) is 10.6. The van der Waals surface area contributed by atoms with E-state index in [9.17, 15) is 14.9 Å². The molecule has 0 unspecified atom stereocenters. The van der Waals surface area contributed by atoms with Crippen molar-refractivity contribution >= 4 is 35.2 Å². The van der Waals surface area contributed by atoms with Crippen molar-refractivity contribution in [2.45, 2.75) is 0 Å². The molecule has 0 atom stereocenters. The third-order valence-corrected chi connectivity index (χ3v) is 3.99. The van der Waals surface area contributed by atoms with Gasteiger partial charge in [0, 0.05) is 0 Å². The Hall–Kier alpha value is -3.50. The number of anilines is 1. The third kappa shape index (κ3) is 4.61. The van der Waals surface area contributed by atoms with Crippen LogP contribution in [0, 0.1) is 11.3 Å². The predicted octanol–water partition coefficient (Wildman–Crippen LogP) is 3.69. The van der Waals surface area contributed by atoms with Gasteiger partial charge in [0.05, 0.1) is 37.6 Å². The number of hydrogen-bond acceptors (Lipinski definition) is 6. The lowest BCUT2D eigenvalue weighted by molar-refractivity contribution is -0.112. The number of ether oxygens (including phenoxy) is 3. The van der Waals surface area contributed by atoms with E-state index in [2.05, 4.69) is 5.32 Å². The Bertz CT molecular complexity index is 979. The fourth-order valence-electron chi connectivity index (χ4n) is 2.41. The highest BCUT2D eigenvalue weighted by molar-refractivity contribution is 6.32. The van der Waals surface area contributed by atoms with Crippen LogP contribution in [0.25, 0.3) is 6.08 Å². The van der Waals surface area contributed by atoms with Crippen LogP contribution in [-0.4, -0.2) is 33.2 Å². The number of halogens is 1. The van der Waals surface area contributed by atoms with E-state index in [1.54, 1.807) is 18.2 Å². The summed E-state index contributed by atoms with van der Waals surface area (Å²) in [6.07, 6.45) is 1.35. The molecule has 144 valence electrons. The van der Waals surface area contributed by atoms with Crippen LogP contribution in [0.4, 0.5) is 5.69 Å². The second kappa shape index (κ2) is 9.44. The molecule has 0 heterocycles. The fourth-order valence-corrected chi connectivity index (χ4v) is 2.70. The van der Waals surface area contributed by atoms with Gasteiger partial charge in [-0.25, -0.2) is 4.79 Å². The summed E-state index contributed by atoms with van der Waals surface area (Å²) in [5, 5.41) is 12.2. The van der Waals surface area contributed by atoms with E-state index in [1.807, 2.05) is 6.07 Å². The summed E-state index contributed by atoms with van der Waals surface area (Å²) in [6.45, 7) is 0. The molecule has 2 aromatic carbocycles. The molecule has 8 heteroatoms. The summed E-state index contributed by atoms with van der Waals surface area (Å²) >= 11 is 6.15. The smallest absolute Gasteiger partial charge is 0.339 e. The van der Waals surface area contributed by atoms with Crippen molar-refractivity contribution in [1.82, 2.24) is 0 Å². The van der Waals surface area contributed by atoms with E-state index < -0.39 is 11.9 Å². The van der Waals surface area contributed by atoms with E-state index in [4.69, 9.17) is 25.8 Å². The zero-order valence-corrected chi connectivity index (χ0v) is 16.2. The van der Waals surface area contributed by atoms with Gasteiger partial charge >= 0.3 is 5.97 Å². The molecule has 0 aliphatic heterocycles. The van der Waals surface area contributed by atoms with E-state index in [0.717, 1.165) is 0 Å². The average Bonchev–Trinajstić information content (AvgIpc) is 2.71. The topological polar surface area (TPSA) is 97.7 Å². The number of hydrogen-bond donors (Lipinski definition) is 1. The number of esters is 1. The molecule has 7 nitrogen and oxygen atoms in total. The second-order valence-corrected chi connectivity index (χ2v) is 5.81. The molecule has 2 rings (SSSR count). The number of para-hydroxylation sites is 1. The van der Waals surface area contributed by atoms with E-state index in [1.165, 1.54) is 45.6 Å². The highest BCUT2D eigenvalue weighted by atomic mass is 35.5. The van der Waals surface area contributed by atoms with Crippen LogP contribution in [0.5, 0.6) is 11.5 Å². The first kappa shape index (κ1) is 20.8. The molecule has 0 spiro atoms. The first-order valence-corrected chi connectivity index (χ1v) is 8.35. The van der Waals surface area contributed by atoms with Gasteiger partial charge in [0.1, 0.15) is 11.6 Å². The van der Waals surface area contributed by atoms with Crippen LogP contribution >= 0.6 is 11.6 Å². The molecule has 0 saturated carbocycles. The molecule has 28 heavy (non-hydrogen) atoms. The summed E-state index contributed by atoms with van der Waals surface area (Å²) in [5.41, 5.74) is 0.675. The Kier molecular flexibility index (Phi) is 7.02. The lowest BCUT2D eigenvalue weighted by atomic mass is 10.1. The number of methoxy groups -OCH3 is 3. The van der Waals surface area contributed by atoms with Crippen LogP contribution in [0.15, 0.2) is 42.0 Å². The SMILES string of the molecule is COC(=O)c1ccccc1NC(=O)/C(C#N)=C/c1cc(Cl)c(OC)c(OC)c1. The average molecular weight is 401 g/mol. The van der Waals surface area contributed by atoms with Crippen LogP contribution in [0.3, 0.4) is 0 Å². The first-order valence-electron chi connectivity index (χ1n) is 7.97. The van der Waals surface area contributed by atoms with Crippen LogP contribution in [0.2, 0.25) is 5.02 Å². The van der Waals surface area contributed by atoms with Gasteiger partial charge in [-0.3, -0.25) is 4.79 Å². The molecule has 0 radical (unpaired) electrons. The maximum Gasteiger partial charge on any atom is 0.339 e. The minimum absolute atomic E-state index is 0.171. The van der Waals surface area contributed by atoms with Crippen LogP contribution in [-0.2, 0) is 9.53 Å². The minimum atomic E-state index is -0.690. The molecule has 0 saturated heterocycles. The lowest BCUT2D eigenvalue weighted by Gasteiger charge is -2.11. The number of rotatable bonds is 6. The van der Waals surface area contributed by atoms with Gasteiger partial charge in [0.2, 0.25) is 0 Å². The summed E-state index contributed by atoms with van der Waals surface area (Å²) in [6, 6.07) is 11.3. The van der Waals surface area contributed by atoms with Crippen molar-refractivity contribution in [3.63, 3.8) is 0 Å². The Morgan fingerprint density at radius 3 is 2.46 bits per heavy atom. The maximum absolute atomic E-state index is 12.5. The molecule has 0 bridgehead atoms. The molecule has 0 fully saturated rings. The Labute approximate surface area is 167 Å². The number of nitriles is 1. The monoisotopic (exact) mass is 400 g/mol. The van der Waals surface area contributed by atoms with Crippen molar-refractivity contribution in [2.75, 3.05) is 26.6 Å². The minimum Gasteiger partial charge on any atom is -0.493 e. The second-order valence-electron chi connectivity index (χ2n) is 5.40. The van der Waals surface area contributed by atoms with Crippen molar-refractivity contribution in [1.29, 1.82) is 5.26 Å². The fraction of sp³-hybridized carbons (Fsp3) is 0.150. The van der Waals surface area contributed by atoms with Crippen LogP contribution in [0.1, 0.15) is 15.9 Å². The van der Waals surface area contributed by atoms with Gasteiger partial charge in [-0.1, -0.05) is 23.7 Å². The summed E-state index contributed by atoms with van der Waals surface area (Å²) in [7, 11) is 4.14. The highest BCUT2D eigenvalue weighted by Gasteiger charge is 2.17. The first-order chi connectivity index (χ1) is 13.4. The molecule has 0 aromatic heterocycles. The number of amides is 1. The van der Waals surface area contributed by atoms with Gasteiger partial charge < -0.3 is 19.5 Å². The van der Waals surface area contributed by atoms with E-state index in [-0.39, 0.29) is 21.8 Å². The quantitative estimate of drug-likeness (QED) is 0.451. The van der Waals surface area contributed by atoms with Crippen molar-refractivity contribution in [2.24, 2.45) is 0 Å². The molecular formula is C20H17ClN2O5. The largest absolute Gasteiger partial charge is 0.493 e. The number of nitrogens with zero attached hydrogens (tertiary/aromatic N) is 1. The van der Waals surface area contributed by atoms with E-state index in [0.29, 0.717) is 17.1 Å². The zero-order valence-electron chi connectivity index (χ0n) is 15.4. The van der Waals surface area contributed by atoms with Crippen molar-refractivity contribution in [3.8, 4) is 17.6 Å². The zero-order chi connectivity index (χ0) is 20.7. The molecule has 1 N–H and O–H groups in total. The number of carbonyl (C=O) groups excluding carboxylic acids is 2. The van der Waals surface area contributed by atoms with Gasteiger partial charge in [-0.15, -0.1) is 0 Å². The Morgan fingerprint density at radius 1 is 1.14 bits per heavy atom. The lowest BCUT2D eigenvalue weighted by Crippen LogP contribution is -2.16. The molecule has 0 aliphatic rings. The van der Waals surface area contributed by atoms with Gasteiger partial charge in [-0.2, -0.15) is 5.26 Å².